The van der Waals surface area contributed by atoms with Crippen LogP contribution in [0.4, 0.5) is 4.79 Å². The molecule has 1 fully saturated rings. The molecular weight excluding hydrogens is 595 g/mol. The number of carbonyl (C=O) groups is 2. The van der Waals surface area contributed by atoms with Gasteiger partial charge in [0.25, 0.3) is 5.91 Å². The lowest BCUT2D eigenvalue weighted by Gasteiger charge is -2.45. The highest BCUT2D eigenvalue weighted by Crippen LogP contribution is 2.31. The second-order valence-corrected chi connectivity index (χ2v) is 10.6. The van der Waals surface area contributed by atoms with Gasteiger partial charge in [-0.25, -0.2) is 9.78 Å². The van der Waals surface area contributed by atoms with Crippen molar-refractivity contribution in [2.45, 2.75) is 25.9 Å². The molecule has 2 aromatic carbocycles. The monoisotopic (exact) mass is 622 g/mol. The van der Waals surface area contributed by atoms with Gasteiger partial charge in [-0.2, -0.15) is 0 Å². The molecule has 36 heavy (non-hydrogen) atoms. The largest absolute Gasteiger partial charge is 0.508 e. The summed E-state index contributed by atoms with van der Waals surface area (Å²) in [5.41, 5.74) is 8.60. The summed E-state index contributed by atoms with van der Waals surface area (Å²) in [7, 11) is 0. The van der Waals surface area contributed by atoms with E-state index in [1.54, 1.807) is 48.2 Å². The van der Waals surface area contributed by atoms with Gasteiger partial charge in [0.1, 0.15) is 11.4 Å². The van der Waals surface area contributed by atoms with Crippen LogP contribution in [0.15, 0.2) is 42.5 Å². The zero-order valence-electron chi connectivity index (χ0n) is 20.1. The molecule has 0 aliphatic carbocycles. The highest BCUT2D eigenvalue weighted by molar-refractivity contribution is 14.1. The van der Waals surface area contributed by atoms with Gasteiger partial charge in [0, 0.05) is 34.0 Å². The zero-order valence-corrected chi connectivity index (χ0v) is 23.0. The Morgan fingerprint density at radius 1 is 1.22 bits per heavy atom. The predicted octanol–water partition coefficient (Wildman–Crippen LogP) is 4.96. The fourth-order valence-corrected chi connectivity index (χ4v) is 4.83. The Labute approximate surface area is 228 Å². The van der Waals surface area contributed by atoms with Gasteiger partial charge in [0.05, 0.1) is 29.4 Å². The fourth-order valence-electron chi connectivity index (χ4n) is 4.26. The number of rotatable bonds is 5. The smallest absolute Gasteiger partial charge is 0.411 e. The molecule has 1 aliphatic heterocycles. The summed E-state index contributed by atoms with van der Waals surface area (Å²) in [6.45, 7) is 4.67. The first-order chi connectivity index (χ1) is 17.1. The summed E-state index contributed by atoms with van der Waals surface area (Å²) in [5, 5.41) is 11.1. The van der Waals surface area contributed by atoms with Gasteiger partial charge in [-0.3, -0.25) is 9.69 Å². The Hall–Kier alpha value is -2.63. The lowest BCUT2D eigenvalue weighted by molar-refractivity contribution is 0.00664. The van der Waals surface area contributed by atoms with Crippen LogP contribution in [0.5, 0.6) is 5.75 Å². The van der Waals surface area contributed by atoms with E-state index in [0.29, 0.717) is 34.9 Å². The van der Waals surface area contributed by atoms with Crippen LogP contribution in [0.2, 0.25) is 5.02 Å². The summed E-state index contributed by atoms with van der Waals surface area (Å²) in [4.78, 5) is 33.7. The van der Waals surface area contributed by atoms with Crippen LogP contribution < -0.4 is 5.73 Å². The van der Waals surface area contributed by atoms with Crippen LogP contribution >= 0.6 is 34.2 Å². The third kappa shape index (κ3) is 5.52. The number of piperazine rings is 1. The highest BCUT2D eigenvalue weighted by Gasteiger charge is 2.40. The third-order valence-electron chi connectivity index (χ3n) is 6.23. The molecule has 8 nitrogen and oxygen atoms in total. The summed E-state index contributed by atoms with van der Waals surface area (Å²) >= 11 is 8.77. The molecule has 0 spiro atoms. The van der Waals surface area contributed by atoms with Crippen molar-refractivity contribution in [2.75, 3.05) is 30.7 Å². The number of phenols is 1. The van der Waals surface area contributed by atoms with E-state index in [2.05, 4.69) is 22.6 Å². The maximum Gasteiger partial charge on any atom is 0.411 e. The van der Waals surface area contributed by atoms with Crippen LogP contribution in [0.1, 0.15) is 29.3 Å². The average Bonchev–Trinajstić information content (AvgIpc) is 2.84. The van der Waals surface area contributed by atoms with Gasteiger partial charge in [0.15, 0.2) is 0 Å². The zero-order chi connectivity index (χ0) is 26.0. The minimum atomic E-state index is -1.06. The van der Waals surface area contributed by atoms with Crippen molar-refractivity contribution in [3.8, 4) is 17.0 Å². The van der Waals surface area contributed by atoms with Crippen molar-refractivity contribution in [3.63, 3.8) is 0 Å². The quantitative estimate of drug-likeness (QED) is 0.237. The molecule has 4 rings (SSSR count). The van der Waals surface area contributed by atoms with E-state index >= 15 is 0 Å². The maximum absolute atomic E-state index is 13.4. The van der Waals surface area contributed by atoms with Crippen LogP contribution in [0.25, 0.3) is 22.2 Å². The second-order valence-electron chi connectivity index (χ2n) is 9.11. The predicted molar refractivity (Wildman–Crippen MR) is 149 cm³/mol. The molecule has 3 aromatic rings. The normalized spacial score (nSPS) is 17.9. The maximum atomic E-state index is 13.4. The van der Waals surface area contributed by atoms with Crippen molar-refractivity contribution in [2.24, 2.45) is 5.73 Å². The summed E-state index contributed by atoms with van der Waals surface area (Å²) in [6.07, 6.45) is 0.318. The number of aromatic nitrogens is 1. The molecule has 0 radical (unpaired) electrons. The van der Waals surface area contributed by atoms with Gasteiger partial charge in [-0.05, 0) is 62.2 Å². The first-order valence-corrected chi connectivity index (χ1v) is 13.5. The third-order valence-corrected chi connectivity index (χ3v) is 7.31. The highest BCUT2D eigenvalue weighted by atomic mass is 127. The minimum absolute atomic E-state index is 0.173. The number of pyridine rings is 1. The van der Waals surface area contributed by atoms with Crippen LogP contribution in [-0.4, -0.2) is 68.2 Å². The van der Waals surface area contributed by atoms with Crippen molar-refractivity contribution in [1.29, 1.82) is 0 Å². The first kappa shape index (κ1) is 26.4. The standard InChI is InChI=1S/C26H28ClIN4O4/c1-16-12-17(5-7-23(16)33)21-14-20(27)19-6-4-18(13-22(19)30-21)24(34)31-9-10-32(26(2,29)15-31)25(35)36-11-3-8-28/h4-7,12-14,33H,3,8-11,15,29H2,1-2H3/t26-/m1/s1. The van der Waals surface area contributed by atoms with Gasteiger partial charge in [-0.15, -0.1) is 0 Å². The van der Waals surface area contributed by atoms with E-state index in [4.69, 9.17) is 27.1 Å². The van der Waals surface area contributed by atoms with E-state index in [1.165, 1.54) is 4.90 Å². The Morgan fingerprint density at radius 3 is 2.69 bits per heavy atom. The number of amides is 2. The number of ether oxygens (including phenoxy) is 1. The van der Waals surface area contributed by atoms with Gasteiger partial charge in [0.2, 0.25) is 0 Å². The van der Waals surface area contributed by atoms with E-state index in [0.717, 1.165) is 27.4 Å². The number of aromatic hydroxyl groups is 1. The molecule has 1 atom stereocenters. The number of carbonyl (C=O) groups excluding carboxylic acids is 2. The Balaban J connectivity index is 1.56. The lowest BCUT2D eigenvalue weighted by Crippen LogP contribution is -2.68. The molecule has 0 saturated carbocycles. The van der Waals surface area contributed by atoms with Gasteiger partial charge < -0.3 is 20.5 Å². The van der Waals surface area contributed by atoms with E-state index in [-0.39, 0.29) is 24.7 Å². The number of fused-ring (bicyclic) bond motifs is 1. The topological polar surface area (TPSA) is 109 Å². The molecular formula is C26H28ClIN4O4. The molecule has 1 aliphatic rings. The van der Waals surface area contributed by atoms with Crippen molar-refractivity contribution in [1.82, 2.24) is 14.8 Å². The van der Waals surface area contributed by atoms with E-state index in [1.807, 2.05) is 13.0 Å². The fraction of sp³-hybridized carbons (Fsp3) is 0.346. The van der Waals surface area contributed by atoms with Crippen LogP contribution in [-0.2, 0) is 4.74 Å². The molecule has 3 N–H and O–H groups in total. The van der Waals surface area contributed by atoms with E-state index in [9.17, 15) is 14.7 Å². The number of hydrogen-bond donors (Lipinski definition) is 2. The molecule has 1 aromatic heterocycles. The number of alkyl halides is 1. The molecule has 190 valence electrons. The Kier molecular flexibility index (Phi) is 7.91. The number of hydrogen-bond acceptors (Lipinski definition) is 6. The van der Waals surface area contributed by atoms with Crippen molar-refractivity contribution in [3.05, 3.63) is 58.6 Å². The minimum Gasteiger partial charge on any atom is -0.508 e. The molecule has 0 unspecified atom stereocenters. The summed E-state index contributed by atoms with van der Waals surface area (Å²) < 4.78 is 6.22. The second kappa shape index (κ2) is 10.8. The van der Waals surface area contributed by atoms with Crippen molar-refractivity contribution < 1.29 is 19.4 Å². The van der Waals surface area contributed by atoms with Crippen LogP contribution in [0.3, 0.4) is 0 Å². The summed E-state index contributed by atoms with van der Waals surface area (Å²) in [6, 6.07) is 12.2. The van der Waals surface area contributed by atoms with Crippen LogP contribution in [0, 0.1) is 6.92 Å². The number of aryl methyl sites for hydroxylation is 1. The van der Waals surface area contributed by atoms with Gasteiger partial charge >= 0.3 is 6.09 Å². The molecule has 0 bridgehead atoms. The van der Waals surface area contributed by atoms with E-state index < -0.39 is 11.8 Å². The first-order valence-electron chi connectivity index (χ1n) is 11.6. The van der Waals surface area contributed by atoms with Crippen molar-refractivity contribution >= 4 is 57.1 Å². The SMILES string of the molecule is Cc1cc(-c2cc(Cl)c3ccc(C(=O)N4CCN(C(=O)OCCCI)[C@@](C)(N)C4)cc3n2)ccc1O. The summed E-state index contributed by atoms with van der Waals surface area (Å²) in [5.74, 6) is 0.00901. The molecule has 2 amide bonds. The number of nitrogens with zero attached hydrogens (tertiary/aromatic N) is 3. The lowest BCUT2D eigenvalue weighted by atomic mass is 10.0. The average molecular weight is 623 g/mol. The number of benzene rings is 2. The number of phenolic OH excluding ortho intramolecular Hbond substituents is 1. The Bertz CT molecular complexity index is 1320. The Morgan fingerprint density at radius 2 is 2.00 bits per heavy atom. The number of halogens is 2. The number of nitrogens with two attached hydrogens (primary N) is 1. The van der Waals surface area contributed by atoms with Gasteiger partial charge in [-0.1, -0.05) is 40.3 Å². The molecule has 1 saturated heterocycles. The molecule has 2 heterocycles. The molecule has 10 heteroatoms.